The number of ether oxygens (including phenoxy) is 3. The van der Waals surface area contributed by atoms with Crippen molar-refractivity contribution in [3.8, 4) is 23.1 Å². The molecule has 32 heavy (non-hydrogen) atoms. The highest BCUT2D eigenvalue weighted by atomic mass is 16.5. The molecule has 8 nitrogen and oxygen atoms in total. The maximum Gasteiger partial charge on any atom is 0.254 e. The van der Waals surface area contributed by atoms with Crippen molar-refractivity contribution < 1.29 is 19.0 Å². The number of anilines is 1. The molecule has 1 atom stereocenters. The first-order chi connectivity index (χ1) is 15.6. The Morgan fingerprint density at radius 2 is 1.69 bits per heavy atom. The number of methoxy groups -OCH3 is 2. The van der Waals surface area contributed by atoms with E-state index in [1.54, 1.807) is 20.3 Å². The Bertz CT molecular complexity index is 1070. The maximum atomic E-state index is 13.0. The lowest BCUT2D eigenvalue weighted by Crippen LogP contribution is -2.54. The molecule has 1 aliphatic rings. The van der Waals surface area contributed by atoms with Crippen LogP contribution in [-0.4, -0.2) is 60.7 Å². The minimum absolute atomic E-state index is 0.00210. The first-order valence-corrected chi connectivity index (χ1v) is 10.4. The quantitative estimate of drug-likeness (QED) is 0.586. The molecule has 0 aliphatic carbocycles. The topological polar surface area (TPSA) is 77.0 Å². The summed E-state index contributed by atoms with van der Waals surface area (Å²) in [5, 5.41) is 0. The zero-order valence-electron chi connectivity index (χ0n) is 18.4. The second-order valence-electron chi connectivity index (χ2n) is 7.52. The SMILES string of the molecule is COc1ccc(Oc2cc(N3CCN(C(=O)c4cccc(OC)c4)[C@H](C)C3)ncn2)cc1. The standard InChI is InChI=1S/C24H26N4O4/c1-17-15-27(11-12-28(17)24(29)18-5-4-6-21(13-18)31-3)22-14-23(26-16-25-22)32-20-9-7-19(30-2)8-10-20/h4-10,13-14,16-17H,11-12,15H2,1-3H3/t17-/m1/s1. The summed E-state index contributed by atoms with van der Waals surface area (Å²) in [5.74, 6) is 3.33. The molecule has 0 N–H and O–H groups in total. The molecule has 4 rings (SSSR count). The highest BCUT2D eigenvalue weighted by Gasteiger charge is 2.29. The molecule has 8 heteroatoms. The molecule has 2 heterocycles. The van der Waals surface area contributed by atoms with Gasteiger partial charge >= 0.3 is 0 Å². The lowest BCUT2D eigenvalue weighted by Gasteiger charge is -2.40. The Morgan fingerprint density at radius 1 is 0.938 bits per heavy atom. The highest BCUT2D eigenvalue weighted by Crippen LogP contribution is 2.26. The average Bonchev–Trinajstić information content (AvgIpc) is 2.84. The zero-order chi connectivity index (χ0) is 22.5. The predicted molar refractivity (Wildman–Crippen MR) is 121 cm³/mol. The number of hydrogen-bond donors (Lipinski definition) is 0. The zero-order valence-corrected chi connectivity index (χ0v) is 18.4. The van der Waals surface area contributed by atoms with Gasteiger partial charge in [0.25, 0.3) is 5.91 Å². The van der Waals surface area contributed by atoms with E-state index in [4.69, 9.17) is 14.2 Å². The fourth-order valence-corrected chi connectivity index (χ4v) is 3.71. The van der Waals surface area contributed by atoms with E-state index in [1.807, 2.05) is 60.4 Å². The van der Waals surface area contributed by atoms with Gasteiger partial charge in [-0.3, -0.25) is 4.79 Å². The van der Waals surface area contributed by atoms with Crippen LogP contribution in [0.2, 0.25) is 0 Å². The van der Waals surface area contributed by atoms with Gasteiger partial charge in [0.2, 0.25) is 5.88 Å². The van der Waals surface area contributed by atoms with Crippen molar-refractivity contribution in [2.45, 2.75) is 13.0 Å². The van der Waals surface area contributed by atoms with Crippen LogP contribution in [0.4, 0.5) is 5.82 Å². The number of nitrogens with zero attached hydrogens (tertiary/aromatic N) is 4. The summed E-state index contributed by atoms with van der Waals surface area (Å²) in [7, 11) is 3.22. The predicted octanol–water partition coefficient (Wildman–Crippen LogP) is 3.64. The summed E-state index contributed by atoms with van der Waals surface area (Å²) >= 11 is 0. The van der Waals surface area contributed by atoms with Gasteiger partial charge in [-0.2, -0.15) is 0 Å². The van der Waals surface area contributed by atoms with Crippen LogP contribution in [0.1, 0.15) is 17.3 Å². The van der Waals surface area contributed by atoms with E-state index >= 15 is 0 Å². The van der Waals surface area contributed by atoms with Gasteiger partial charge in [0.15, 0.2) is 0 Å². The number of aromatic nitrogens is 2. The number of carbonyl (C=O) groups is 1. The molecule has 3 aromatic rings. The highest BCUT2D eigenvalue weighted by molar-refractivity contribution is 5.95. The Morgan fingerprint density at radius 3 is 2.41 bits per heavy atom. The second-order valence-corrected chi connectivity index (χ2v) is 7.52. The lowest BCUT2D eigenvalue weighted by atomic mass is 10.1. The molecule has 2 aromatic carbocycles. The number of hydrogen-bond acceptors (Lipinski definition) is 7. The monoisotopic (exact) mass is 434 g/mol. The van der Waals surface area contributed by atoms with E-state index in [0.29, 0.717) is 42.6 Å². The fourth-order valence-electron chi connectivity index (χ4n) is 3.71. The van der Waals surface area contributed by atoms with Crippen LogP contribution in [-0.2, 0) is 0 Å². The number of amides is 1. The van der Waals surface area contributed by atoms with Crippen molar-refractivity contribution in [2.24, 2.45) is 0 Å². The molecule has 1 aliphatic heterocycles. The third-order valence-corrected chi connectivity index (χ3v) is 5.44. The first-order valence-electron chi connectivity index (χ1n) is 10.4. The fraction of sp³-hybridized carbons (Fsp3) is 0.292. The molecule has 1 amide bonds. The van der Waals surface area contributed by atoms with Gasteiger partial charge in [-0.05, 0) is 49.4 Å². The molecular formula is C24H26N4O4. The van der Waals surface area contributed by atoms with Crippen molar-refractivity contribution in [3.05, 3.63) is 66.5 Å². The summed E-state index contributed by atoms with van der Waals surface area (Å²) in [6, 6.07) is 16.4. The summed E-state index contributed by atoms with van der Waals surface area (Å²) in [4.78, 5) is 25.7. The molecule has 1 fully saturated rings. The maximum absolute atomic E-state index is 13.0. The Labute approximate surface area is 187 Å². The minimum atomic E-state index is 0.00210. The smallest absolute Gasteiger partial charge is 0.254 e. The molecule has 166 valence electrons. The average molecular weight is 434 g/mol. The molecule has 1 saturated heterocycles. The van der Waals surface area contributed by atoms with E-state index in [1.165, 1.54) is 6.33 Å². The molecule has 0 bridgehead atoms. The largest absolute Gasteiger partial charge is 0.497 e. The molecule has 0 saturated carbocycles. The number of carbonyl (C=O) groups excluding carboxylic acids is 1. The van der Waals surface area contributed by atoms with Crippen molar-refractivity contribution in [1.29, 1.82) is 0 Å². The third kappa shape index (κ3) is 4.74. The van der Waals surface area contributed by atoms with E-state index < -0.39 is 0 Å². The summed E-state index contributed by atoms with van der Waals surface area (Å²) in [6.07, 6.45) is 1.49. The van der Waals surface area contributed by atoms with Crippen molar-refractivity contribution in [3.63, 3.8) is 0 Å². The first kappa shape index (κ1) is 21.4. The van der Waals surface area contributed by atoms with Crippen molar-refractivity contribution in [1.82, 2.24) is 14.9 Å². The van der Waals surface area contributed by atoms with Crippen LogP contribution < -0.4 is 19.1 Å². The Balaban J connectivity index is 1.42. The molecule has 0 spiro atoms. The van der Waals surface area contributed by atoms with Gasteiger partial charge in [-0.25, -0.2) is 9.97 Å². The van der Waals surface area contributed by atoms with Gasteiger partial charge in [0, 0.05) is 37.3 Å². The number of benzene rings is 2. The summed E-state index contributed by atoms with van der Waals surface area (Å²) in [6.45, 7) is 3.96. The van der Waals surface area contributed by atoms with E-state index in [-0.39, 0.29) is 11.9 Å². The normalized spacial score (nSPS) is 15.9. The van der Waals surface area contributed by atoms with Crippen LogP contribution in [0.3, 0.4) is 0 Å². The molecule has 0 radical (unpaired) electrons. The summed E-state index contributed by atoms with van der Waals surface area (Å²) < 4.78 is 16.3. The number of piperazine rings is 1. The lowest BCUT2D eigenvalue weighted by molar-refractivity contribution is 0.0673. The van der Waals surface area contributed by atoms with Crippen LogP contribution in [0.15, 0.2) is 60.9 Å². The van der Waals surface area contributed by atoms with E-state index in [0.717, 1.165) is 11.6 Å². The van der Waals surface area contributed by atoms with Crippen molar-refractivity contribution in [2.75, 3.05) is 38.8 Å². The van der Waals surface area contributed by atoms with Gasteiger partial charge in [-0.1, -0.05) is 6.07 Å². The van der Waals surface area contributed by atoms with Crippen LogP contribution >= 0.6 is 0 Å². The third-order valence-electron chi connectivity index (χ3n) is 5.44. The van der Waals surface area contributed by atoms with E-state index in [2.05, 4.69) is 14.9 Å². The molecule has 0 unspecified atom stereocenters. The van der Waals surface area contributed by atoms with Crippen LogP contribution in [0, 0.1) is 0 Å². The Hall–Kier alpha value is -3.81. The van der Waals surface area contributed by atoms with Crippen molar-refractivity contribution >= 4 is 11.7 Å². The second kappa shape index (κ2) is 9.55. The van der Waals surface area contributed by atoms with Crippen LogP contribution in [0.5, 0.6) is 23.1 Å². The van der Waals surface area contributed by atoms with Crippen LogP contribution in [0.25, 0.3) is 0 Å². The number of rotatable bonds is 6. The van der Waals surface area contributed by atoms with Gasteiger partial charge < -0.3 is 24.0 Å². The Kier molecular flexibility index (Phi) is 6.39. The summed E-state index contributed by atoms with van der Waals surface area (Å²) in [5.41, 5.74) is 0.627. The molecule has 1 aromatic heterocycles. The minimum Gasteiger partial charge on any atom is -0.497 e. The molecular weight excluding hydrogens is 408 g/mol. The van der Waals surface area contributed by atoms with Gasteiger partial charge in [0.1, 0.15) is 29.4 Å². The van der Waals surface area contributed by atoms with E-state index in [9.17, 15) is 4.79 Å². The van der Waals surface area contributed by atoms with Gasteiger partial charge in [-0.15, -0.1) is 0 Å². The van der Waals surface area contributed by atoms with Gasteiger partial charge in [0.05, 0.1) is 14.2 Å².